The quantitative estimate of drug-likeness (QED) is 0.730. The predicted molar refractivity (Wildman–Crippen MR) is 68.4 cm³/mol. The summed E-state index contributed by atoms with van der Waals surface area (Å²) in [7, 11) is 0. The molecule has 2 aliphatic rings. The molecule has 2 heteroatoms. The predicted octanol–water partition coefficient (Wildman–Crippen LogP) is 3.70. The minimum atomic E-state index is 0.179. The standard InChI is InChI=1S/C15H21NO/c1-14(2)9-10-15(3)11-13(17-16(14)15)12-7-5-4-6-8-12/h4-8,13H,9-11H2,1-3H3. The number of nitrogens with zero attached hydrogens (tertiary/aromatic N) is 1. The Bertz CT molecular complexity index is 414. The van der Waals surface area contributed by atoms with Crippen LogP contribution >= 0.6 is 0 Å². The Hall–Kier alpha value is -0.860. The average molecular weight is 231 g/mol. The van der Waals surface area contributed by atoms with Gasteiger partial charge in [-0.25, -0.2) is 0 Å². The molecule has 92 valence electrons. The molecule has 2 atom stereocenters. The van der Waals surface area contributed by atoms with E-state index in [1.807, 2.05) is 0 Å². The van der Waals surface area contributed by atoms with E-state index in [0.29, 0.717) is 0 Å². The molecule has 1 aromatic rings. The summed E-state index contributed by atoms with van der Waals surface area (Å²) in [6.07, 6.45) is 3.81. The lowest BCUT2D eigenvalue weighted by Crippen LogP contribution is -2.44. The Labute approximate surface area is 104 Å². The highest BCUT2D eigenvalue weighted by Gasteiger charge is 2.54. The highest BCUT2D eigenvalue weighted by molar-refractivity contribution is 5.20. The highest BCUT2D eigenvalue weighted by Crippen LogP contribution is 2.52. The van der Waals surface area contributed by atoms with Gasteiger partial charge in [0.2, 0.25) is 0 Å². The molecule has 0 radical (unpaired) electrons. The molecule has 17 heavy (non-hydrogen) atoms. The number of hydrogen-bond acceptors (Lipinski definition) is 2. The van der Waals surface area contributed by atoms with E-state index in [1.165, 1.54) is 18.4 Å². The zero-order valence-electron chi connectivity index (χ0n) is 10.9. The molecule has 0 N–H and O–H groups in total. The normalized spacial score (nSPS) is 36.1. The van der Waals surface area contributed by atoms with E-state index in [2.05, 4.69) is 56.2 Å². The molecule has 0 aliphatic carbocycles. The van der Waals surface area contributed by atoms with Gasteiger partial charge in [-0.3, -0.25) is 4.84 Å². The summed E-state index contributed by atoms with van der Waals surface area (Å²) in [5, 5.41) is 2.26. The lowest BCUT2D eigenvalue weighted by atomic mass is 9.91. The first kappa shape index (κ1) is 11.2. The van der Waals surface area contributed by atoms with E-state index in [0.717, 1.165) is 6.42 Å². The fourth-order valence-corrected chi connectivity index (χ4v) is 3.37. The lowest BCUT2D eigenvalue weighted by molar-refractivity contribution is -0.216. The van der Waals surface area contributed by atoms with Gasteiger partial charge in [0.25, 0.3) is 0 Å². The molecule has 0 bridgehead atoms. The number of fused-ring (bicyclic) bond motifs is 1. The third kappa shape index (κ3) is 1.71. The second kappa shape index (κ2) is 3.56. The zero-order chi connectivity index (χ0) is 12.1. The molecule has 2 aliphatic heterocycles. The smallest absolute Gasteiger partial charge is 0.106 e. The van der Waals surface area contributed by atoms with E-state index < -0.39 is 0 Å². The number of hydrogen-bond donors (Lipinski definition) is 0. The first-order valence-corrected chi connectivity index (χ1v) is 6.53. The van der Waals surface area contributed by atoms with Crippen molar-refractivity contribution in [1.29, 1.82) is 0 Å². The van der Waals surface area contributed by atoms with Crippen LogP contribution in [0.1, 0.15) is 51.7 Å². The molecule has 2 nitrogen and oxygen atoms in total. The van der Waals surface area contributed by atoms with Gasteiger partial charge in [0.1, 0.15) is 6.10 Å². The zero-order valence-corrected chi connectivity index (χ0v) is 10.9. The van der Waals surface area contributed by atoms with Crippen molar-refractivity contribution < 1.29 is 4.84 Å². The van der Waals surface area contributed by atoms with Crippen molar-refractivity contribution in [2.75, 3.05) is 0 Å². The summed E-state index contributed by atoms with van der Waals surface area (Å²) in [6, 6.07) is 10.6. The summed E-state index contributed by atoms with van der Waals surface area (Å²) in [6.45, 7) is 6.90. The fraction of sp³-hybridized carbons (Fsp3) is 0.600. The van der Waals surface area contributed by atoms with Gasteiger partial charge in [0.15, 0.2) is 0 Å². The van der Waals surface area contributed by atoms with Gasteiger partial charge in [-0.15, -0.1) is 0 Å². The van der Waals surface area contributed by atoms with Crippen LogP contribution in [0.2, 0.25) is 0 Å². The van der Waals surface area contributed by atoms with Gasteiger partial charge < -0.3 is 0 Å². The molecule has 2 unspecified atom stereocenters. The van der Waals surface area contributed by atoms with E-state index in [4.69, 9.17) is 4.84 Å². The highest BCUT2D eigenvalue weighted by atomic mass is 16.7. The van der Waals surface area contributed by atoms with Crippen molar-refractivity contribution >= 4 is 0 Å². The number of benzene rings is 1. The summed E-state index contributed by atoms with van der Waals surface area (Å²) < 4.78 is 0. The SMILES string of the molecule is CC1(C)CCC2(C)CC(c3ccccc3)ON12. The Morgan fingerprint density at radius 1 is 1.12 bits per heavy atom. The third-order valence-electron chi connectivity index (χ3n) is 4.34. The monoisotopic (exact) mass is 231 g/mol. The molecule has 2 fully saturated rings. The van der Waals surface area contributed by atoms with Crippen molar-refractivity contribution in [2.45, 2.75) is 57.2 Å². The van der Waals surface area contributed by atoms with Gasteiger partial charge in [-0.2, -0.15) is 5.06 Å². The van der Waals surface area contributed by atoms with Crippen LogP contribution in [0.3, 0.4) is 0 Å². The molecule has 1 aromatic carbocycles. The van der Waals surface area contributed by atoms with Gasteiger partial charge in [0.05, 0.1) is 0 Å². The van der Waals surface area contributed by atoms with E-state index in [1.54, 1.807) is 0 Å². The Kier molecular flexibility index (Phi) is 2.36. The van der Waals surface area contributed by atoms with Crippen molar-refractivity contribution in [2.24, 2.45) is 0 Å². The van der Waals surface area contributed by atoms with Crippen LogP contribution in [0, 0.1) is 0 Å². The molecule has 2 saturated heterocycles. The Morgan fingerprint density at radius 2 is 1.82 bits per heavy atom. The lowest BCUT2D eigenvalue weighted by Gasteiger charge is -2.34. The minimum absolute atomic E-state index is 0.179. The van der Waals surface area contributed by atoms with Crippen LogP contribution in [0.15, 0.2) is 30.3 Å². The van der Waals surface area contributed by atoms with Crippen molar-refractivity contribution in [3.63, 3.8) is 0 Å². The average Bonchev–Trinajstić information content (AvgIpc) is 2.77. The van der Waals surface area contributed by atoms with Gasteiger partial charge in [-0.05, 0) is 39.2 Å². The number of rotatable bonds is 1. The summed E-state index contributed by atoms with van der Waals surface area (Å²) in [5.41, 5.74) is 1.71. The molecule has 2 heterocycles. The van der Waals surface area contributed by atoms with Crippen LogP contribution in [-0.2, 0) is 4.84 Å². The van der Waals surface area contributed by atoms with Crippen LogP contribution in [0.5, 0.6) is 0 Å². The summed E-state index contributed by atoms with van der Waals surface area (Å²) in [5.74, 6) is 0. The maximum atomic E-state index is 6.22. The first-order valence-electron chi connectivity index (χ1n) is 6.53. The van der Waals surface area contributed by atoms with Crippen LogP contribution in [-0.4, -0.2) is 16.1 Å². The first-order chi connectivity index (χ1) is 8.01. The van der Waals surface area contributed by atoms with Crippen LogP contribution in [0.4, 0.5) is 0 Å². The molecular weight excluding hydrogens is 210 g/mol. The Balaban J connectivity index is 1.87. The fourth-order valence-electron chi connectivity index (χ4n) is 3.37. The van der Waals surface area contributed by atoms with E-state index in [9.17, 15) is 0 Å². The van der Waals surface area contributed by atoms with E-state index in [-0.39, 0.29) is 17.2 Å². The third-order valence-corrected chi connectivity index (χ3v) is 4.34. The van der Waals surface area contributed by atoms with Crippen LogP contribution in [0.25, 0.3) is 0 Å². The Morgan fingerprint density at radius 3 is 2.47 bits per heavy atom. The molecule has 0 amide bonds. The molecular formula is C15H21NO. The second-order valence-electron chi connectivity index (χ2n) is 6.31. The molecule has 0 spiro atoms. The molecule has 0 aromatic heterocycles. The van der Waals surface area contributed by atoms with Gasteiger partial charge in [0, 0.05) is 17.5 Å². The molecule has 3 rings (SSSR count). The topological polar surface area (TPSA) is 12.5 Å². The van der Waals surface area contributed by atoms with Crippen molar-refractivity contribution in [1.82, 2.24) is 5.06 Å². The largest absolute Gasteiger partial charge is 0.290 e. The maximum Gasteiger partial charge on any atom is 0.106 e. The minimum Gasteiger partial charge on any atom is -0.290 e. The summed E-state index contributed by atoms with van der Waals surface area (Å²) >= 11 is 0. The van der Waals surface area contributed by atoms with Gasteiger partial charge >= 0.3 is 0 Å². The number of hydroxylamine groups is 2. The van der Waals surface area contributed by atoms with E-state index >= 15 is 0 Å². The van der Waals surface area contributed by atoms with Crippen molar-refractivity contribution in [3.8, 4) is 0 Å². The van der Waals surface area contributed by atoms with Crippen molar-refractivity contribution in [3.05, 3.63) is 35.9 Å². The second-order valence-corrected chi connectivity index (χ2v) is 6.31. The van der Waals surface area contributed by atoms with Gasteiger partial charge in [-0.1, -0.05) is 30.3 Å². The molecule has 0 saturated carbocycles. The summed E-state index contributed by atoms with van der Waals surface area (Å²) in [4.78, 5) is 6.22. The maximum absolute atomic E-state index is 6.22. The van der Waals surface area contributed by atoms with Crippen LogP contribution < -0.4 is 0 Å².